The molecule has 0 amide bonds. The molecule has 2 aromatic rings. The lowest BCUT2D eigenvalue weighted by atomic mass is 9.95. The fourth-order valence-corrected chi connectivity index (χ4v) is 2.29. The van der Waals surface area contributed by atoms with E-state index in [9.17, 15) is 9.59 Å². The molecule has 0 radical (unpaired) electrons. The van der Waals surface area contributed by atoms with Crippen LogP contribution in [0.1, 0.15) is 43.0 Å². The van der Waals surface area contributed by atoms with E-state index in [1.54, 1.807) is 6.07 Å². The number of carboxylic acid groups (broad SMARTS) is 2. The number of rotatable bonds is 4. The van der Waals surface area contributed by atoms with Crippen LogP contribution in [0, 0.1) is 13.8 Å². The Morgan fingerprint density at radius 3 is 2.24 bits per heavy atom. The summed E-state index contributed by atoms with van der Waals surface area (Å²) in [4.78, 5) is 22.2. The first-order valence-corrected chi connectivity index (χ1v) is 6.54. The molecule has 0 bridgehead atoms. The molecule has 0 saturated carbocycles. The summed E-state index contributed by atoms with van der Waals surface area (Å²) < 4.78 is 0. The SMILES string of the molecule is Cc1cccc(Cc2ccc(C(=O)O)c(C(=O)O)c2)c1C. The Morgan fingerprint density at radius 2 is 1.62 bits per heavy atom. The van der Waals surface area contributed by atoms with Gasteiger partial charge in [-0.3, -0.25) is 0 Å². The minimum absolute atomic E-state index is 0.176. The molecule has 0 fully saturated rings. The van der Waals surface area contributed by atoms with Gasteiger partial charge in [0.2, 0.25) is 0 Å². The van der Waals surface area contributed by atoms with Crippen LogP contribution in [0.15, 0.2) is 36.4 Å². The molecular weight excluding hydrogens is 268 g/mol. The molecule has 0 heterocycles. The van der Waals surface area contributed by atoms with Gasteiger partial charge in [-0.1, -0.05) is 24.3 Å². The van der Waals surface area contributed by atoms with Crippen LogP contribution < -0.4 is 0 Å². The third-order valence-electron chi connectivity index (χ3n) is 3.66. The molecule has 21 heavy (non-hydrogen) atoms. The fraction of sp³-hybridized carbons (Fsp3) is 0.176. The number of aryl methyl sites for hydroxylation is 1. The number of carboxylic acids is 2. The highest BCUT2D eigenvalue weighted by Gasteiger charge is 2.16. The summed E-state index contributed by atoms with van der Waals surface area (Å²) in [7, 11) is 0. The van der Waals surface area contributed by atoms with Crippen molar-refractivity contribution >= 4 is 11.9 Å². The third kappa shape index (κ3) is 3.11. The molecule has 0 atom stereocenters. The van der Waals surface area contributed by atoms with Gasteiger partial charge in [0.25, 0.3) is 0 Å². The molecular formula is C17H16O4. The molecule has 0 aliphatic rings. The van der Waals surface area contributed by atoms with Gasteiger partial charge in [0.15, 0.2) is 0 Å². The summed E-state index contributed by atoms with van der Waals surface area (Å²) in [5, 5.41) is 18.2. The summed E-state index contributed by atoms with van der Waals surface area (Å²) >= 11 is 0. The van der Waals surface area contributed by atoms with Crippen molar-refractivity contribution in [2.75, 3.05) is 0 Å². The predicted molar refractivity (Wildman–Crippen MR) is 79.1 cm³/mol. The Balaban J connectivity index is 2.42. The van der Waals surface area contributed by atoms with Gasteiger partial charge in [-0.2, -0.15) is 0 Å². The van der Waals surface area contributed by atoms with Gasteiger partial charge in [0.05, 0.1) is 11.1 Å². The molecule has 2 rings (SSSR count). The highest BCUT2D eigenvalue weighted by atomic mass is 16.4. The summed E-state index contributed by atoms with van der Waals surface area (Å²) in [5.74, 6) is -2.46. The second-order valence-corrected chi connectivity index (χ2v) is 5.03. The van der Waals surface area contributed by atoms with Crippen LogP contribution in [-0.4, -0.2) is 22.2 Å². The zero-order valence-corrected chi connectivity index (χ0v) is 11.9. The lowest BCUT2D eigenvalue weighted by Gasteiger charge is -2.10. The van der Waals surface area contributed by atoms with E-state index in [-0.39, 0.29) is 11.1 Å². The topological polar surface area (TPSA) is 74.6 Å². The molecule has 0 spiro atoms. The van der Waals surface area contributed by atoms with E-state index >= 15 is 0 Å². The highest BCUT2D eigenvalue weighted by molar-refractivity contribution is 6.01. The Kier molecular flexibility index (Phi) is 4.08. The first-order chi connectivity index (χ1) is 9.90. The summed E-state index contributed by atoms with van der Waals surface area (Å²) in [6.45, 7) is 4.05. The molecule has 0 aliphatic heterocycles. The van der Waals surface area contributed by atoms with Crippen LogP contribution >= 0.6 is 0 Å². The molecule has 2 N–H and O–H groups in total. The third-order valence-corrected chi connectivity index (χ3v) is 3.66. The average Bonchev–Trinajstić information content (AvgIpc) is 2.43. The number of carbonyl (C=O) groups is 2. The van der Waals surface area contributed by atoms with Crippen LogP contribution in [0.2, 0.25) is 0 Å². The Bertz CT molecular complexity index is 717. The summed E-state index contributed by atoms with van der Waals surface area (Å²) in [6.07, 6.45) is 0.577. The molecule has 4 heteroatoms. The van der Waals surface area contributed by atoms with Crippen molar-refractivity contribution in [2.45, 2.75) is 20.3 Å². The van der Waals surface area contributed by atoms with Crippen molar-refractivity contribution in [3.63, 3.8) is 0 Å². The number of aromatic carboxylic acids is 2. The van der Waals surface area contributed by atoms with E-state index in [0.717, 1.165) is 16.7 Å². The normalized spacial score (nSPS) is 10.4. The monoisotopic (exact) mass is 284 g/mol. The summed E-state index contributed by atoms with van der Waals surface area (Å²) in [5.41, 5.74) is 3.86. The van der Waals surface area contributed by atoms with Crippen LogP contribution in [-0.2, 0) is 6.42 Å². The molecule has 4 nitrogen and oxygen atoms in total. The van der Waals surface area contributed by atoms with Crippen molar-refractivity contribution < 1.29 is 19.8 Å². The van der Waals surface area contributed by atoms with Crippen LogP contribution in [0.3, 0.4) is 0 Å². The summed E-state index contributed by atoms with van der Waals surface area (Å²) in [6, 6.07) is 10.4. The van der Waals surface area contributed by atoms with Crippen molar-refractivity contribution in [1.29, 1.82) is 0 Å². The highest BCUT2D eigenvalue weighted by Crippen LogP contribution is 2.19. The Labute approximate surface area is 122 Å². The molecule has 0 aromatic heterocycles. The van der Waals surface area contributed by atoms with E-state index in [1.165, 1.54) is 17.7 Å². The van der Waals surface area contributed by atoms with Crippen LogP contribution in [0.5, 0.6) is 0 Å². The number of hydrogen-bond acceptors (Lipinski definition) is 2. The number of benzene rings is 2. The predicted octanol–water partition coefficient (Wildman–Crippen LogP) is 3.29. The first-order valence-electron chi connectivity index (χ1n) is 6.54. The second kappa shape index (κ2) is 5.79. The van der Waals surface area contributed by atoms with Gasteiger partial charge < -0.3 is 10.2 Å². The van der Waals surface area contributed by atoms with E-state index < -0.39 is 11.9 Å². The van der Waals surface area contributed by atoms with E-state index in [2.05, 4.69) is 0 Å². The van der Waals surface area contributed by atoms with Gasteiger partial charge in [-0.25, -0.2) is 9.59 Å². The zero-order valence-electron chi connectivity index (χ0n) is 11.9. The van der Waals surface area contributed by atoms with Crippen molar-refractivity contribution in [2.24, 2.45) is 0 Å². The van der Waals surface area contributed by atoms with Crippen molar-refractivity contribution in [3.05, 3.63) is 69.8 Å². The van der Waals surface area contributed by atoms with Gasteiger partial charge in [0.1, 0.15) is 0 Å². The number of hydrogen-bond donors (Lipinski definition) is 2. The molecule has 0 unspecified atom stereocenters. The lowest BCUT2D eigenvalue weighted by molar-refractivity contribution is 0.0651. The van der Waals surface area contributed by atoms with Gasteiger partial charge in [0, 0.05) is 0 Å². The maximum atomic E-state index is 11.2. The molecule has 108 valence electrons. The Hall–Kier alpha value is -2.62. The smallest absolute Gasteiger partial charge is 0.336 e. The lowest BCUT2D eigenvalue weighted by Crippen LogP contribution is -2.09. The molecule has 0 saturated heterocycles. The van der Waals surface area contributed by atoms with Crippen molar-refractivity contribution in [3.8, 4) is 0 Å². The first kappa shape index (κ1) is 14.8. The minimum atomic E-state index is -1.23. The largest absolute Gasteiger partial charge is 0.478 e. The van der Waals surface area contributed by atoms with Gasteiger partial charge in [-0.05, 0) is 54.7 Å². The quantitative estimate of drug-likeness (QED) is 0.903. The van der Waals surface area contributed by atoms with Gasteiger partial charge >= 0.3 is 11.9 Å². The zero-order chi connectivity index (χ0) is 15.6. The van der Waals surface area contributed by atoms with Gasteiger partial charge in [-0.15, -0.1) is 0 Å². The standard InChI is InChI=1S/C17H16O4/c1-10-4-3-5-13(11(10)2)8-12-6-7-14(16(18)19)15(9-12)17(20)21/h3-7,9H,8H2,1-2H3,(H,18,19)(H,20,21). The van der Waals surface area contributed by atoms with E-state index in [4.69, 9.17) is 10.2 Å². The minimum Gasteiger partial charge on any atom is -0.478 e. The molecule has 2 aromatic carbocycles. The van der Waals surface area contributed by atoms with Crippen LogP contribution in [0.25, 0.3) is 0 Å². The Morgan fingerprint density at radius 1 is 0.952 bits per heavy atom. The molecule has 0 aliphatic carbocycles. The van der Waals surface area contributed by atoms with Crippen molar-refractivity contribution in [1.82, 2.24) is 0 Å². The maximum absolute atomic E-state index is 11.2. The maximum Gasteiger partial charge on any atom is 0.336 e. The van der Waals surface area contributed by atoms with Crippen LogP contribution in [0.4, 0.5) is 0 Å². The average molecular weight is 284 g/mol. The fourth-order valence-electron chi connectivity index (χ4n) is 2.29. The second-order valence-electron chi connectivity index (χ2n) is 5.03. The van der Waals surface area contributed by atoms with E-state index in [1.807, 2.05) is 32.0 Å². The van der Waals surface area contributed by atoms with E-state index in [0.29, 0.717) is 6.42 Å².